The lowest BCUT2D eigenvalue weighted by atomic mass is 9.98. The fourth-order valence-electron chi connectivity index (χ4n) is 3.78. The van der Waals surface area contributed by atoms with Gasteiger partial charge < -0.3 is 21.3 Å². The third-order valence-corrected chi connectivity index (χ3v) is 5.54. The number of nitrogens with two attached hydrogens (primary N) is 2. The maximum Gasteiger partial charge on any atom is 0.429 e. The molecule has 5 N–H and O–H groups in total. The molecule has 0 aliphatic heterocycles. The van der Waals surface area contributed by atoms with Crippen LogP contribution in [-0.2, 0) is 18.3 Å². The number of aromatic nitrogens is 4. The minimum absolute atomic E-state index is 0.110. The SMILES string of the molecule is Cn1cc(-c2ccccc2C(Oc2cc(-c3ccc(C[C@H](N)C(=O)O)cc3)nc(N)n2)C(F)(F)F)cn1. The largest absolute Gasteiger partial charge is 0.480 e. The van der Waals surface area contributed by atoms with Crippen molar-refractivity contribution in [2.24, 2.45) is 12.8 Å². The Balaban J connectivity index is 1.66. The zero-order chi connectivity index (χ0) is 26.7. The van der Waals surface area contributed by atoms with Crippen molar-refractivity contribution in [1.29, 1.82) is 0 Å². The number of carboxylic acid groups (broad SMARTS) is 1. The first kappa shape index (κ1) is 25.6. The molecule has 0 fully saturated rings. The predicted molar refractivity (Wildman–Crippen MR) is 129 cm³/mol. The minimum Gasteiger partial charge on any atom is -0.480 e. The van der Waals surface area contributed by atoms with E-state index in [9.17, 15) is 18.0 Å². The van der Waals surface area contributed by atoms with Crippen molar-refractivity contribution in [1.82, 2.24) is 19.7 Å². The molecule has 4 aromatic rings. The standard InChI is InChI=1S/C25H23F3N6O3/c1-34-13-16(12-31-34)17-4-2-3-5-18(17)22(25(26,27)28)37-21-11-20(32-24(30)33-21)15-8-6-14(7-9-15)10-19(29)23(35)36/h2-9,11-13,19,22H,10,29H2,1H3,(H,35,36)(H2,30,32,33)/t19-,22?/m0/s1. The Bertz CT molecular complexity index is 1410. The van der Waals surface area contributed by atoms with Crippen molar-refractivity contribution in [2.75, 3.05) is 5.73 Å². The van der Waals surface area contributed by atoms with Crippen molar-refractivity contribution >= 4 is 11.9 Å². The lowest BCUT2D eigenvalue weighted by molar-refractivity contribution is -0.198. The lowest BCUT2D eigenvalue weighted by Crippen LogP contribution is -2.32. The second kappa shape index (κ2) is 10.3. The van der Waals surface area contributed by atoms with Gasteiger partial charge in [-0.1, -0.05) is 48.5 Å². The molecule has 0 radical (unpaired) electrons. The number of nitrogen functional groups attached to an aromatic ring is 1. The number of alkyl halides is 3. The van der Waals surface area contributed by atoms with Crippen LogP contribution >= 0.6 is 0 Å². The number of benzene rings is 2. The van der Waals surface area contributed by atoms with Crippen LogP contribution in [-0.4, -0.2) is 43.0 Å². The Kier molecular flexibility index (Phi) is 7.11. The van der Waals surface area contributed by atoms with Crippen LogP contribution in [0.5, 0.6) is 5.88 Å². The fraction of sp³-hybridized carbons (Fsp3) is 0.200. The second-order valence-electron chi connectivity index (χ2n) is 8.32. The molecule has 0 aliphatic carbocycles. The highest BCUT2D eigenvalue weighted by Gasteiger charge is 2.44. The molecule has 2 aromatic carbocycles. The number of carbonyl (C=O) groups is 1. The number of halogens is 3. The number of rotatable bonds is 8. The first-order valence-electron chi connectivity index (χ1n) is 11.0. The molecule has 12 heteroatoms. The monoisotopic (exact) mass is 512 g/mol. The smallest absolute Gasteiger partial charge is 0.429 e. The summed E-state index contributed by atoms with van der Waals surface area (Å²) in [6.07, 6.45) is -3.92. The number of hydrogen-bond donors (Lipinski definition) is 3. The van der Waals surface area contributed by atoms with E-state index in [1.54, 1.807) is 49.6 Å². The molecule has 192 valence electrons. The van der Waals surface area contributed by atoms with Crippen LogP contribution < -0.4 is 16.2 Å². The first-order valence-corrected chi connectivity index (χ1v) is 11.0. The number of aryl methyl sites for hydroxylation is 1. The van der Waals surface area contributed by atoms with Gasteiger partial charge in [-0.2, -0.15) is 23.3 Å². The van der Waals surface area contributed by atoms with Crippen molar-refractivity contribution < 1.29 is 27.8 Å². The molecule has 9 nitrogen and oxygen atoms in total. The summed E-state index contributed by atoms with van der Waals surface area (Å²) < 4.78 is 49.7. The van der Waals surface area contributed by atoms with E-state index in [1.807, 2.05) is 0 Å². The van der Waals surface area contributed by atoms with Gasteiger partial charge in [0.15, 0.2) is 0 Å². The second-order valence-corrected chi connectivity index (χ2v) is 8.32. The highest BCUT2D eigenvalue weighted by molar-refractivity contribution is 5.73. The van der Waals surface area contributed by atoms with Gasteiger partial charge >= 0.3 is 12.1 Å². The Labute approximate surface area is 209 Å². The number of aliphatic carboxylic acids is 1. The van der Waals surface area contributed by atoms with Gasteiger partial charge in [0, 0.05) is 36.0 Å². The summed E-state index contributed by atoms with van der Waals surface area (Å²) >= 11 is 0. The lowest BCUT2D eigenvalue weighted by Gasteiger charge is -2.24. The van der Waals surface area contributed by atoms with E-state index in [1.165, 1.54) is 29.1 Å². The molecule has 2 heterocycles. The average Bonchev–Trinajstić information content (AvgIpc) is 3.28. The van der Waals surface area contributed by atoms with E-state index in [0.717, 1.165) is 0 Å². The maximum absolute atomic E-state index is 14.2. The van der Waals surface area contributed by atoms with Crippen LogP contribution in [0.1, 0.15) is 17.2 Å². The fourth-order valence-corrected chi connectivity index (χ4v) is 3.78. The van der Waals surface area contributed by atoms with Gasteiger partial charge in [-0.25, -0.2) is 4.98 Å². The summed E-state index contributed by atoms with van der Waals surface area (Å²) in [5.41, 5.74) is 13.5. The number of carboxylic acids is 1. The predicted octanol–water partition coefficient (Wildman–Crippen LogP) is 3.76. The van der Waals surface area contributed by atoms with Crippen LogP contribution in [0.25, 0.3) is 22.4 Å². The molecular weight excluding hydrogens is 489 g/mol. The van der Waals surface area contributed by atoms with Crippen LogP contribution in [0, 0.1) is 0 Å². The van der Waals surface area contributed by atoms with E-state index in [4.69, 9.17) is 21.3 Å². The van der Waals surface area contributed by atoms with Gasteiger partial charge in [-0.15, -0.1) is 0 Å². The number of ether oxygens (including phenoxy) is 1. The number of hydrogen-bond acceptors (Lipinski definition) is 7. The molecule has 0 saturated heterocycles. The van der Waals surface area contributed by atoms with Crippen molar-refractivity contribution in [3.8, 4) is 28.3 Å². The molecular formula is C25H23F3N6O3. The Morgan fingerprint density at radius 3 is 2.43 bits per heavy atom. The molecule has 2 aromatic heterocycles. The summed E-state index contributed by atoms with van der Waals surface area (Å²) in [5, 5.41) is 13.0. The minimum atomic E-state index is -4.78. The van der Waals surface area contributed by atoms with E-state index in [-0.39, 0.29) is 29.5 Å². The van der Waals surface area contributed by atoms with E-state index in [0.29, 0.717) is 22.3 Å². The average molecular weight is 512 g/mol. The maximum atomic E-state index is 14.2. The third kappa shape index (κ3) is 6.04. The van der Waals surface area contributed by atoms with Gasteiger partial charge in [-0.05, 0) is 17.5 Å². The molecule has 0 saturated carbocycles. The Morgan fingerprint density at radius 2 is 1.81 bits per heavy atom. The van der Waals surface area contributed by atoms with E-state index in [2.05, 4.69) is 15.1 Å². The van der Waals surface area contributed by atoms with Crippen LogP contribution in [0.2, 0.25) is 0 Å². The molecule has 1 unspecified atom stereocenters. The van der Waals surface area contributed by atoms with Gasteiger partial charge in [0.1, 0.15) is 6.04 Å². The Morgan fingerprint density at radius 1 is 1.11 bits per heavy atom. The molecule has 37 heavy (non-hydrogen) atoms. The molecule has 0 bridgehead atoms. The summed E-state index contributed by atoms with van der Waals surface area (Å²) in [6.45, 7) is 0. The van der Waals surface area contributed by atoms with Gasteiger partial charge in [-0.3, -0.25) is 9.48 Å². The van der Waals surface area contributed by atoms with Crippen molar-refractivity contribution in [3.63, 3.8) is 0 Å². The molecule has 2 atom stereocenters. The molecule has 0 amide bonds. The first-order chi connectivity index (χ1) is 17.5. The zero-order valence-electron chi connectivity index (χ0n) is 19.6. The Hall–Kier alpha value is -4.45. The van der Waals surface area contributed by atoms with Crippen LogP contribution in [0.4, 0.5) is 19.1 Å². The number of nitrogens with zero attached hydrogens (tertiary/aromatic N) is 4. The molecule has 4 rings (SSSR count). The molecule has 0 spiro atoms. The van der Waals surface area contributed by atoms with Crippen LogP contribution in [0.3, 0.4) is 0 Å². The summed E-state index contributed by atoms with van der Waals surface area (Å²) in [6, 6.07) is 12.8. The topological polar surface area (TPSA) is 142 Å². The van der Waals surface area contributed by atoms with Gasteiger partial charge in [0.25, 0.3) is 0 Å². The zero-order valence-corrected chi connectivity index (χ0v) is 19.6. The number of anilines is 1. The summed E-state index contributed by atoms with van der Waals surface area (Å²) in [7, 11) is 1.67. The normalized spacial score (nSPS) is 13.2. The third-order valence-electron chi connectivity index (χ3n) is 5.54. The van der Waals surface area contributed by atoms with E-state index < -0.39 is 24.3 Å². The summed E-state index contributed by atoms with van der Waals surface area (Å²) in [5.74, 6) is -1.76. The van der Waals surface area contributed by atoms with Gasteiger partial charge in [0.05, 0.1) is 11.9 Å². The van der Waals surface area contributed by atoms with Crippen molar-refractivity contribution in [3.05, 3.63) is 78.1 Å². The van der Waals surface area contributed by atoms with Crippen LogP contribution in [0.15, 0.2) is 67.0 Å². The van der Waals surface area contributed by atoms with Crippen molar-refractivity contribution in [2.45, 2.75) is 24.7 Å². The summed E-state index contributed by atoms with van der Waals surface area (Å²) in [4.78, 5) is 19.0. The quantitative estimate of drug-likeness (QED) is 0.324. The van der Waals surface area contributed by atoms with E-state index >= 15 is 0 Å². The van der Waals surface area contributed by atoms with Gasteiger partial charge in [0.2, 0.25) is 17.9 Å². The highest BCUT2D eigenvalue weighted by Crippen LogP contribution is 2.41. The highest BCUT2D eigenvalue weighted by atomic mass is 19.4. The molecule has 0 aliphatic rings.